The fourth-order valence-electron chi connectivity index (χ4n) is 3.01. The normalized spacial score (nSPS) is 14.5. The van der Waals surface area contributed by atoms with Crippen molar-refractivity contribution in [2.45, 2.75) is 12.6 Å². The number of anilines is 1. The summed E-state index contributed by atoms with van der Waals surface area (Å²) in [4.78, 5) is 15.6. The largest absolute Gasteiger partial charge is 0.434 e. The number of aromatic nitrogens is 2. The SMILES string of the molecule is Nc1ccc(-c2ccc3c(c2)C(Cl)=CCC3=O)n2cc(C(F)(F)F)nc12. The van der Waals surface area contributed by atoms with Crippen LogP contribution in [-0.2, 0) is 6.18 Å². The number of hydrogen-bond donors (Lipinski definition) is 1. The number of pyridine rings is 1. The Labute approximate surface area is 150 Å². The van der Waals surface area contributed by atoms with Crippen LogP contribution >= 0.6 is 11.6 Å². The number of carbonyl (C=O) groups is 1. The lowest BCUT2D eigenvalue weighted by Gasteiger charge is -2.15. The van der Waals surface area contributed by atoms with Gasteiger partial charge in [0.05, 0.1) is 11.4 Å². The molecule has 8 heteroatoms. The van der Waals surface area contributed by atoms with E-state index in [1.54, 1.807) is 30.3 Å². The van der Waals surface area contributed by atoms with Gasteiger partial charge in [0.25, 0.3) is 0 Å². The highest BCUT2D eigenvalue weighted by molar-refractivity contribution is 6.50. The summed E-state index contributed by atoms with van der Waals surface area (Å²) >= 11 is 6.20. The van der Waals surface area contributed by atoms with Gasteiger partial charge in [-0.05, 0) is 23.8 Å². The van der Waals surface area contributed by atoms with Crippen molar-refractivity contribution in [3.05, 3.63) is 59.4 Å². The summed E-state index contributed by atoms with van der Waals surface area (Å²) in [5, 5.41) is 0.440. The van der Waals surface area contributed by atoms with Gasteiger partial charge in [-0.25, -0.2) is 4.98 Å². The zero-order valence-electron chi connectivity index (χ0n) is 13.1. The molecule has 0 saturated carbocycles. The third-order valence-corrected chi connectivity index (χ3v) is 4.63. The first-order valence-corrected chi connectivity index (χ1v) is 8.02. The molecule has 3 aromatic rings. The van der Waals surface area contributed by atoms with Crippen LogP contribution in [0.5, 0.6) is 0 Å². The smallest absolute Gasteiger partial charge is 0.396 e. The number of rotatable bonds is 1. The molecule has 4 nitrogen and oxygen atoms in total. The Morgan fingerprint density at radius 2 is 1.92 bits per heavy atom. The van der Waals surface area contributed by atoms with E-state index >= 15 is 0 Å². The zero-order chi connectivity index (χ0) is 18.6. The molecule has 26 heavy (non-hydrogen) atoms. The molecule has 1 aliphatic rings. The number of alkyl halides is 3. The number of Topliss-reactive ketones (excluding diaryl/α,β-unsaturated/α-hetero) is 1. The van der Waals surface area contributed by atoms with Crippen LogP contribution in [-0.4, -0.2) is 15.2 Å². The van der Waals surface area contributed by atoms with E-state index in [0.29, 0.717) is 27.4 Å². The monoisotopic (exact) mass is 377 g/mol. The van der Waals surface area contributed by atoms with E-state index in [0.717, 1.165) is 6.20 Å². The summed E-state index contributed by atoms with van der Waals surface area (Å²) in [5.41, 5.74) is 7.02. The Hall–Kier alpha value is -2.80. The number of halogens is 4. The van der Waals surface area contributed by atoms with E-state index in [1.807, 2.05) is 0 Å². The first kappa shape index (κ1) is 16.7. The fraction of sp³-hybridized carbons (Fsp3) is 0.111. The van der Waals surface area contributed by atoms with E-state index in [9.17, 15) is 18.0 Å². The Kier molecular flexibility index (Phi) is 3.59. The van der Waals surface area contributed by atoms with Crippen LogP contribution in [0.1, 0.15) is 28.0 Å². The lowest BCUT2D eigenvalue weighted by atomic mass is 9.93. The number of allylic oxidation sites excluding steroid dienone is 1. The molecule has 2 aromatic heterocycles. The van der Waals surface area contributed by atoms with Gasteiger partial charge >= 0.3 is 6.18 Å². The molecule has 0 aliphatic heterocycles. The van der Waals surface area contributed by atoms with Crippen molar-refractivity contribution in [1.82, 2.24) is 9.38 Å². The summed E-state index contributed by atoms with van der Waals surface area (Å²) < 4.78 is 40.4. The van der Waals surface area contributed by atoms with E-state index < -0.39 is 11.9 Å². The standard InChI is InChI=1S/C18H11ClF3N3O/c19-12-3-6-15(26)10-2-1-9(7-11(10)12)14-5-4-13(23)17-24-16(8-25(14)17)18(20,21)22/h1-5,7-8H,6,23H2. The van der Waals surface area contributed by atoms with Crippen LogP contribution in [0.3, 0.4) is 0 Å². The molecule has 1 aromatic carbocycles. The quantitative estimate of drug-likeness (QED) is 0.664. The third kappa shape index (κ3) is 2.55. The molecule has 4 rings (SSSR count). The minimum atomic E-state index is -4.58. The highest BCUT2D eigenvalue weighted by Crippen LogP contribution is 2.35. The topological polar surface area (TPSA) is 60.4 Å². The third-order valence-electron chi connectivity index (χ3n) is 4.27. The number of ketones is 1. The Balaban J connectivity index is 1.95. The van der Waals surface area contributed by atoms with Gasteiger partial charge in [-0.1, -0.05) is 29.8 Å². The molecule has 1 aliphatic carbocycles. The molecule has 0 amide bonds. The average molecular weight is 378 g/mol. The van der Waals surface area contributed by atoms with E-state index in [4.69, 9.17) is 17.3 Å². The summed E-state index contributed by atoms with van der Waals surface area (Å²) in [5.74, 6) is -0.0552. The lowest BCUT2D eigenvalue weighted by Crippen LogP contribution is -2.06. The van der Waals surface area contributed by atoms with Crippen LogP contribution < -0.4 is 5.73 Å². The molecule has 2 heterocycles. The van der Waals surface area contributed by atoms with Gasteiger partial charge in [0, 0.05) is 28.8 Å². The van der Waals surface area contributed by atoms with Gasteiger partial charge < -0.3 is 5.73 Å². The molecule has 0 unspecified atom stereocenters. The highest BCUT2D eigenvalue weighted by Gasteiger charge is 2.34. The number of nitrogen functional groups attached to an aromatic ring is 1. The number of benzene rings is 1. The Morgan fingerprint density at radius 3 is 2.65 bits per heavy atom. The molecule has 0 atom stereocenters. The summed E-state index contributed by atoms with van der Waals surface area (Å²) in [7, 11) is 0. The van der Waals surface area contributed by atoms with Crippen LogP contribution in [0.2, 0.25) is 0 Å². The van der Waals surface area contributed by atoms with E-state index in [1.165, 1.54) is 10.5 Å². The highest BCUT2D eigenvalue weighted by atomic mass is 35.5. The van der Waals surface area contributed by atoms with Crippen molar-refractivity contribution in [3.8, 4) is 11.3 Å². The van der Waals surface area contributed by atoms with Crippen molar-refractivity contribution in [3.63, 3.8) is 0 Å². The zero-order valence-corrected chi connectivity index (χ0v) is 13.9. The second kappa shape index (κ2) is 5.60. The second-order valence-corrected chi connectivity index (χ2v) is 6.34. The van der Waals surface area contributed by atoms with Crippen LogP contribution in [0, 0.1) is 0 Å². The molecule has 0 fully saturated rings. The van der Waals surface area contributed by atoms with Gasteiger partial charge in [-0.2, -0.15) is 13.2 Å². The van der Waals surface area contributed by atoms with Crippen LogP contribution in [0.15, 0.2) is 42.6 Å². The fourth-order valence-corrected chi connectivity index (χ4v) is 3.24. The summed E-state index contributed by atoms with van der Waals surface area (Å²) in [6, 6.07) is 8.09. The summed E-state index contributed by atoms with van der Waals surface area (Å²) in [6.07, 6.45) is -1.82. The predicted octanol–water partition coefficient (Wildman–Crippen LogP) is 4.77. The maximum Gasteiger partial charge on any atom is 0.434 e. The number of imidazole rings is 1. The molecular formula is C18H11ClF3N3O. The number of nitrogens with two attached hydrogens (primary N) is 1. The number of nitrogens with zero attached hydrogens (tertiary/aromatic N) is 2. The average Bonchev–Trinajstić information content (AvgIpc) is 3.05. The Bertz CT molecular complexity index is 1100. The lowest BCUT2D eigenvalue weighted by molar-refractivity contribution is -0.140. The van der Waals surface area contributed by atoms with Gasteiger partial charge in [0.2, 0.25) is 0 Å². The molecule has 132 valence electrons. The van der Waals surface area contributed by atoms with Crippen molar-refractivity contribution in [1.29, 1.82) is 0 Å². The molecule has 0 radical (unpaired) electrons. The van der Waals surface area contributed by atoms with Gasteiger partial charge in [0.1, 0.15) is 0 Å². The molecule has 2 N–H and O–H groups in total. The van der Waals surface area contributed by atoms with Crippen molar-refractivity contribution in [2.75, 3.05) is 5.73 Å². The van der Waals surface area contributed by atoms with Crippen molar-refractivity contribution >= 4 is 33.8 Å². The van der Waals surface area contributed by atoms with Crippen molar-refractivity contribution in [2.24, 2.45) is 0 Å². The van der Waals surface area contributed by atoms with Gasteiger partial charge in [-0.3, -0.25) is 9.20 Å². The maximum absolute atomic E-state index is 13.0. The predicted molar refractivity (Wildman–Crippen MR) is 92.8 cm³/mol. The minimum absolute atomic E-state index is 0.0188. The Morgan fingerprint density at radius 1 is 1.15 bits per heavy atom. The van der Waals surface area contributed by atoms with Crippen LogP contribution in [0.4, 0.5) is 18.9 Å². The van der Waals surface area contributed by atoms with Crippen LogP contribution in [0.25, 0.3) is 21.9 Å². The van der Waals surface area contributed by atoms with Crippen molar-refractivity contribution < 1.29 is 18.0 Å². The molecule has 0 bridgehead atoms. The molecule has 0 saturated heterocycles. The second-order valence-electron chi connectivity index (χ2n) is 5.93. The number of fused-ring (bicyclic) bond motifs is 2. The van der Waals surface area contributed by atoms with Gasteiger partial charge in [0.15, 0.2) is 17.1 Å². The van der Waals surface area contributed by atoms with E-state index in [2.05, 4.69) is 4.98 Å². The first-order chi connectivity index (χ1) is 12.3. The number of carbonyl (C=O) groups excluding carboxylic acids is 1. The number of hydrogen-bond acceptors (Lipinski definition) is 3. The molecule has 0 spiro atoms. The molecular weight excluding hydrogens is 367 g/mol. The van der Waals surface area contributed by atoms with E-state index in [-0.39, 0.29) is 23.5 Å². The summed E-state index contributed by atoms with van der Waals surface area (Å²) in [6.45, 7) is 0. The minimum Gasteiger partial charge on any atom is -0.396 e. The first-order valence-electron chi connectivity index (χ1n) is 7.64. The maximum atomic E-state index is 13.0. The van der Waals surface area contributed by atoms with Gasteiger partial charge in [-0.15, -0.1) is 0 Å².